The van der Waals surface area contributed by atoms with Gasteiger partial charge in [0.05, 0.1) is 18.1 Å². The summed E-state index contributed by atoms with van der Waals surface area (Å²) in [6.07, 6.45) is 10.6. The average molecular weight is 386 g/mol. The topological polar surface area (TPSA) is 95.6 Å². The summed E-state index contributed by atoms with van der Waals surface area (Å²) in [4.78, 5) is 15.8. The minimum atomic E-state index is 0.475. The van der Waals surface area contributed by atoms with Crippen molar-refractivity contribution in [1.82, 2.24) is 24.7 Å². The number of hydrogen-bond acceptors (Lipinski definition) is 7. The fourth-order valence-electron chi connectivity index (χ4n) is 3.73. The summed E-state index contributed by atoms with van der Waals surface area (Å²) in [5, 5.41) is 17.0. The van der Waals surface area contributed by atoms with Gasteiger partial charge in [-0.25, -0.2) is 19.6 Å². The quantitative estimate of drug-likeness (QED) is 0.696. The first-order chi connectivity index (χ1) is 14.3. The van der Waals surface area contributed by atoms with Crippen molar-refractivity contribution in [3.05, 3.63) is 54.4 Å². The maximum absolute atomic E-state index is 9.35. The summed E-state index contributed by atoms with van der Waals surface area (Å²) in [7, 11) is 0. The van der Waals surface area contributed by atoms with Gasteiger partial charge in [-0.1, -0.05) is 0 Å². The Morgan fingerprint density at radius 2 is 2.10 bits per heavy atom. The van der Waals surface area contributed by atoms with Gasteiger partial charge < -0.3 is 10.2 Å². The third-order valence-corrected chi connectivity index (χ3v) is 5.55. The fourth-order valence-corrected chi connectivity index (χ4v) is 3.73. The second-order valence-electron chi connectivity index (χ2n) is 7.68. The molecule has 1 atom stereocenters. The van der Waals surface area contributed by atoms with Gasteiger partial charge in [-0.05, 0) is 43.4 Å². The van der Waals surface area contributed by atoms with E-state index in [1.165, 1.54) is 0 Å². The number of rotatable bonds is 6. The van der Waals surface area contributed by atoms with Crippen LogP contribution < -0.4 is 10.2 Å². The summed E-state index contributed by atoms with van der Waals surface area (Å²) < 4.78 is 1.75. The largest absolute Gasteiger partial charge is 0.370 e. The third kappa shape index (κ3) is 3.76. The van der Waals surface area contributed by atoms with Gasteiger partial charge in [0.15, 0.2) is 5.82 Å². The smallest absolute Gasteiger partial charge is 0.153 e. The van der Waals surface area contributed by atoms with E-state index in [1.54, 1.807) is 17.1 Å². The zero-order valence-electron chi connectivity index (χ0n) is 16.1. The van der Waals surface area contributed by atoms with Crippen LogP contribution in [0.3, 0.4) is 0 Å². The second-order valence-corrected chi connectivity index (χ2v) is 7.68. The van der Waals surface area contributed by atoms with Crippen LogP contribution in [0.5, 0.6) is 0 Å². The average Bonchev–Trinajstić information content (AvgIpc) is 3.26. The van der Waals surface area contributed by atoms with Crippen LogP contribution in [0.2, 0.25) is 0 Å². The highest BCUT2D eigenvalue weighted by atomic mass is 15.3. The van der Waals surface area contributed by atoms with E-state index in [2.05, 4.69) is 42.4 Å². The zero-order valence-corrected chi connectivity index (χ0v) is 16.1. The van der Waals surface area contributed by atoms with Crippen molar-refractivity contribution in [1.29, 1.82) is 5.26 Å². The number of nitrogens with one attached hydrogen (secondary N) is 1. The summed E-state index contributed by atoms with van der Waals surface area (Å²) in [5.41, 5.74) is 1.64. The molecule has 1 saturated heterocycles. The Labute approximate surface area is 169 Å². The minimum Gasteiger partial charge on any atom is -0.370 e. The normalized spacial score (nSPS) is 18.6. The number of pyridine rings is 1. The maximum Gasteiger partial charge on any atom is 0.153 e. The molecule has 2 fully saturated rings. The molecule has 29 heavy (non-hydrogen) atoms. The van der Waals surface area contributed by atoms with Crippen LogP contribution in [0.4, 0.5) is 11.5 Å². The first kappa shape index (κ1) is 17.6. The lowest BCUT2D eigenvalue weighted by Crippen LogP contribution is -2.23. The van der Waals surface area contributed by atoms with E-state index in [0.29, 0.717) is 23.2 Å². The molecule has 5 rings (SSSR count). The lowest BCUT2D eigenvalue weighted by atomic mass is 10.1. The number of nitriles is 1. The van der Waals surface area contributed by atoms with Crippen LogP contribution in [0.25, 0.3) is 5.82 Å². The lowest BCUT2D eigenvalue weighted by Gasteiger charge is -2.19. The van der Waals surface area contributed by atoms with Gasteiger partial charge in [0.1, 0.15) is 23.3 Å². The summed E-state index contributed by atoms with van der Waals surface area (Å²) >= 11 is 0. The Balaban J connectivity index is 1.21. The Hall–Kier alpha value is -3.47. The highest BCUT2D eigenvalue weighted by molar-refractivity contribution is 5.51. The number of nitrogens with zero attached hydrogens (tertiary/aromatic N) is 7. The van der Waals surface area contributed by atoms with E-state index in [4.69, 9.17) is 0 Å². The summed E-state index contributed by atoms with van der Waals surface area (Å²) in [6, 6.07) is 8.17. The molecule has 146 valence electrons. The molecule has 0 unspecified atom stereocenters. The molecule has 0 spiro atoms. The van der Waals surface area contributed by atoms with Crippen molar-refractivity contribution in [3.63, 3.8) is 0 Å². The van der Waals surface area contributed by atoms with Crippen LogP contribution in [0.15, 0.2) is 43.0 Å². The third-order valence-electron chi connectivity index (χ3n) is 5.55. The molecule has 1 aliphatic carbocycles. The van der Waals surface area contributed by atoms with Crippen LogP contribution >= 0.6 is 0 Å². The van der Waals surface area contributed by atoms with Crippen molar-refractivity contribution in [2.75, 3.05) is 29.9 Å². The molecular formula is C21H22N8. The van der Waals surface area contributed by atoms with Crippen LogP contribution in [-0.4, -0.2) is 44.4 Å². The van der Waals surface area contributed by atoms with Gasteiger partial charge in [-0.15, -0.1) is 0 Å². The molecule has 1 aliphatic heterocycles. The minimum absolute atomic E-state index is 0.475. The fraction of sp³-hybridized carbons (Fsp3) is 0.381. The highest BCUT2D eigenvalue weighted by Gasteiger charge is 2.28. The van der Waals surface area contributed by atoms with Crippen LogP contribution in [0.1, 0.15) is 36.6 Å². The lowest BCUT2D eigenvalue weighted by molar-refractivity contribution is 0.620. The van der Waals surface area contributed by atoms with Crippen LogP contribution in [0, 0.1) is 17.2 Å². The molecule has 4 heterocycles. The first-order valence-electron chi connectivity index (χ1n) is 10.0. The molecule has 3 aromatic heterocycles. The van der Waals surface area contributed by atoms with Crippen molar-refractivity contribution in [2.45, 2.75) is 25.2 Å². The van der Waals surface area contributed by atoms with E-state index in [-0.39, 0.29) is 0 Å². The maximum atomic E-state index is 9.35. The molecule has 3 aromatic rings. The number of aromatic nitrogens is 5. The van der Waals surface area contributed by atoms with E-state index < -0.39 is 0 Å². The molecule has 0 radical (unpaired) electrons. The van der Waals surface area contributed by atoms with Crippen molar-refractivity contribution < 1.29 is 0 Å². The van der Waals surface area contributed by atoms with E-state index in [0.717, 1.165) is 56.2 Å². The zero-order chi connectivity index (χ0) is 19.6. The molecule has 0 amide bonds. The Morgan fingerprint density at radius 3 is 2.83 bits per heavy atom. The van der Waals surface area contributed by atoms with E-state index in [9.17, 15) is 5.26 Å². The monoisotopic (exact) mass is 386 g/mol. The molecule has 0 bridgehead atoms. The molecule has 1 saturated carbocycles. The molecular weight excluding hydrogens is 364 g/mol. The first-order valence-corrected chi connectivity index (χ1v) is 10.0. The molecule has 1 N–H and O–H groups in total. The Bertz CT molecular complexity index is 1020. The highest BCUT2D eigenvalue weighted by Crippen LogP contribution is 2.38. The van der Waals surface area contributed by atoms with Gasteiger partial charge in [-0.2, -0.15) is 10.4 Å². The van der Waals surface area contributed by atoms with Crippen molar-refractivity contribution >= 4 is 11.5 Å². The summed E-state index contributed by atoms with van der Waals surface area (Å²) in [5.74, 6) is 3.32. The predicted octanol–water partition coefficient (Wildman–Crippen LogP) is 2.74. The molecule has 0 aromatic carbocycles. The van der Waals surface area contributed by atoms with Crippen molar-refractivity contribution in [2.24, 2.45) is 5.92 Å². The molecule has 8 heteroatoms. The van der Waals surface area contributed by atoms with Gasteiger partial charge in [-0.3, -0.25) is 0 Å². The summed E-state index contributed by atoms with van der Waals surface area (Å²) in [6.45, 7) is 2.75. The van der Waals surface area contributed by atoms with Gasteiger partial charge in [0, 0.05) is 37.9 Å². The molecule has 2 aliphatic rings. The van der Waals surface area contributed by atoms with E-state index in [1.807, 2.05) is 24.5 Å². The van der Waals surface area contributed by atoms with Gasteiger partial charge in [0.2, 0.25) is 0 Å². The Morgan fingerprint density at radius 1 is 1.17 bits per heavy atom. The van der Waals surface area contributed by atoms with Gasteiger partial charge >= 0.3 is 0 Å². The standard InChI is InChI=1S/C21H22N8/c22-10-17-12-25-20(16-2-3-16)27-21(17)24-11-15-6-9-28(14-15)18-4-5-19(23-13-18)29-8-1-7-26-29/h1,4-5,7-8,12-13,15-16H,2-3,6,9,11,14H2,(H,24,25,27)/t15-/m1/s1. The van der Waals surface area contributed by atoms with Gasteiger partial charge in [0.25, 0.3) is 0 Å². The number of hydrogen-bond donors (Lipinski definition) is 1. The predicted molar refractivity (Wildman–Crippen MR) is 109 cm³/mol. The molecule has 8 nitrogen and oxygen atoms in total. The van der Waals surface area contributed by atoms with Crippen LogP contribution in [-0.2, 0) is 0 Å². The van der Waals surface area contributed by atoms with E-state index >= 15 is 0 Å². The number of anilines is 2. The second kappa shape index (κ2) is 7.51. The SMILES string of the molecule is N#Cc1cnc(C2CC2)nc1NC[C@H]1CCN(c2ccc(-n3cccn3)nc2)C1. The van der Waals surface area contributed by atoms with Crippen molar-refractivity contribution in [3.8, 4) is 11.9 Å². The Kier molecular flexibility index (Phi) is 4.56.